The van der Waals surface area contributed by atoms with Gasteiger partial charge in [-0.15, -0.1) is 0 Å². The molecule has 0 aliphatic heterocycles. The van der Waals surface area contributed by atoms with E-state index in [-0.39, 0.29) is 22.7 Å². The first-order chi connectivity index (χ1) is 16.2. The van der Waals surface area contributed by atoms with Crippen molar-refractivity contribution in [2.45, 2.75) is 62.0 Å². The van der Waals surface area contributed by atoms with Crippen molar-refractivity contribution in [3.05, 3.63) is 35.9 Å². The lowest BCUT2D eigenvalue weighted by molar-refractivity contribution is -0.141. The number of alkyl halides is 4. The molecular formula is C21H21F4N7O2. The van der Waals surface area contributed by atoms with Gasteiger partial charge in [0.2, 0.25) is 0 Å². The van der Waals surface area contributed by atoms with Crippen LogP contribution in [0.5, 0.6) is 0 Å². The number of fused-ring (bicyclic) bond motifs is 1. The summed E-state index contributed by atoms with van der Waals surface area (Å²) in [6.07, 6.45) is -1.05. The lowest BCUT2D eigenvalue weighted by Gasteiger charge is -2.61. The number of carbonyl (C=O) groups is 1. The number of anilines is 2. The molecule has 3 heterocycles. The lowest BCUT2D eigenvalue weighted by atomic mass is 9.50. The van der Waals surface area contributed by atoms with Crippen molar-refractivity contribution in [2.75, 3.05) is 5.32 Å². The van der Waals surface area contributed by atoms with Crippen molar-refractivity contribution in [1.29, 1.82) is 0 Å². The van der Waals surface area contributed by atoms with Crippen molar-refractivity contribution in [2.24, 2.45) is 5.92 Å². The van der Waals surface area contributed by atoms with Crippen molar-refractivity contribution >= 4 is 23.2 Å². The summed E-state index contributed by atoms with van der Waals surface area (Å²) in [4.78, 5) is 16.3. The Labute approximate surface area is 190 Å². The topological polar surface area (TPSA) is 109 Å². The predicted molar refractivity (Wildman–Crippen MR) is 110 cm³/mol. The summed E-state index contributed by atoms with van der Waals surface area (Å²) in [6, 6.07) is 2.46. The molecule has 3 aromatic rings. The quantitative estimate of drug-likeness (QED) is 0.476. The number of amides is 1. The highest BCUT2D eigenvalue weighted by molar-refractivity contribution is 5.72. The van der Waals surface area contributed by atoms with Gasteiger partial charge in [0, 0.05) is 41.7 Å². The average molecular weight is 479 g/mol. The summed E-state index contributed by atoms with van der Waals surface area (Å²) in [6.45, 7) is 0. The standard InChI is InChI=1S/C21H21F4N7O2/c22-17-11(1-2-14(17)34-19(33)28-20-7-10(8-20)9-20)12-5-16(30-29-12)27-18-13-6-15(21(23,24)25)31-32(13)4-3-26-18/h3-6,10-11,14,17H,1-2,7-9H2,(H,28,33)(H2,26,27,29,30)/t10?,11-,14-,17+,20?/m1/s1. The number of alkyl carbamates (subject to hydrolysis) is 1. The van der Waals surface area contributed by atoms with Crippen LogP contribution >= 0.6 is 0 Å². The molecule has 0 radical (unpaired) electrons. The molecule has 0 saturated heterocycles. The molecule has 4 aliphatic rings. The number of aromatic amines is 1. The van der Waals surface area contributed by atoms with E-state index < -0.39 is 36.2 Å². The highest BCUT2D eigenvalue weighted by atomic mass is 19.4. The highest BCUT2D eigenvalue weighted by Crippen LogP contribution is 2.57. The number of ether oxygens (including phenoxy) is 1. The maximum Gasteiger partial charge on any atom is 0.435 e. The zero-order valence-electron chi connectivity index (χ0n) is 17.8. The van der Waals surface area contributed by atoms with Gasteiger partial charge in [-0.2, -0.15) is 23.4 Å². The van der Waals surface area contributed by atoms with Gasteiger partial charge in [-0.25, -0.2) is 18.7 Å². The molecule has 2 bridgehead atoms. The van der Waals surface area contributed by atoms with Crippen LogP contribution in [0.3, 0.4) is 0 Å². The molecule has 3 atom stereocenters. The smallest absolute Gasteiger partial charge is 0.435 e. The van der Waals surface area contributed by atoms with Crippen LogP contribution in [0.1, 0.15) is 49.4 Å². The molecule has 0 unspecified atom stereocenters. The number of nitrogens with zero attached hydrogens (tertiary/aromatic N) is 4. The van der Waals surface area contributed by atoms with Crippen LogP contribution in [0.25, 0.3) is 5.52 Å². The largest absolute Gasteiger partial charge is 0.443 e. The van der Waals surface area contributed by atoms with E-state index in [2.05, 4.69) is 30.9 Å². The Hall–Kier alpha value is -3.38. The molecule has 13 heteroatoms. The van der Waals surface area contributed by atoms with Crippen LogP contribution in [-0.4, -0.2) is 48.7 Å². The molecule has 9 nitrogen and oxygen atoms in total. The fourth-order valence-electron chi connectivity index (χ4n) is 5.26. The molecule has 4 aliphatic carbocycles. The van der Waals surface area contributed by atoms with Gasteiger partial charge >= 0.3 is 12.3 Å². The van der Waals surface area contributed by atoms with Gasteiger partial charge < -0.3 is 15.4 Å². The molecule has 34 heavy (non-hydrogen) atoms. The summed E-state index contributed by atoms with van der Waals surface area (Å²) < 4.78 is 60.5. The third-order valence-corrected chi connectivity index (χ3v) is 7.09. The predicted octanol–water partition coefficient (Wildman–Crippen LogP) is 4.08. The van der Waals surface area contributed by atoms with Gasteiger partial charge in [0.05, 0.1) is 0 Å². The Balaban J connectivity index is 1.12. The van der Waals surface area contributed by atoms with E-state index in [4.69, 9.17) is 4.74 Å². The van der Waals surface area contributed by atoms with E-state index in [9.17, 15) is 18.0 Å². The summed E-state index contributed by atoms with van der Waals surface area (Å²) >= 11 is 0. The Morgan fingerprint density at radius 1 is 1.24 bits per heavy atom. The monoisotopic (exact) mass is 479 g/mol. The normalized spacial score (nSPS) is 30.0. The maximum absolute atomic E-state index is 15.1. The van der Waals surface area contributed by atoms with Crippen LogP contribution in [0.4, 0.5) is 34.0 Å². The lowest BCUT2D eigenvalue weighted by Crippen LogP contribution is -2.68. The van der Waals surface area contributed by atoms with Gasteiger partial charge in [-0.05, 0) is 38.0 Å². The Bertz CT molecular complexity index is 1240. The number of hydrogen-bond acceptors (Lipinski definition) is 6. The molecule has 0 spiro atoms. The number of carbonyl (C=O) groups excluding carboxylic acids is 1. The number of H-pyrrole nitrogens is 1. The number of halogens is 4. The van der Waals surface area contributed by atoms with Crippen LogP contribution in [0.2, 0.25) is 0 Å². The van der Waals surface area contributed by atoms with Crippen LogP contribution in [0, 0.1) is 5.92 Å². The second-order valence-electron chi connectivity index (χ2n) is 9.42. The Kier molecular flexibility index (Phi) is 4.55. The Morgan fingerprint density at radius 2 is 2.03 bits per heavy atom. The first-order valence-corrected chi connectivity index (χ1v) is 11.1. The average Bonchev–Trinajstić information content (AvgIpc) is 3.43. The van der Waals surface area contributed by atoms with Crippen molar-refractivity contribution in [3.63, 3.8) is 0 Å². The minimum absolute atomic E-state index is 0.117. The molecule has 4 fully saturated rings. The summed E-state index contributed by atoms with van der Waals surface area (Å²) in [7, 11) is 0. The van der Waals surface area contributed by atoms with Crippen molar-refractivity contribution in [3.8, 4) is 0 Å². The number of aromatic nitrogens is 5. The molecule has 4 saturated carbocycles. The Morgan fingerprint density at radius 3 is 2.74 bits per heavy atom. The van der Waals surface area contributed by atoms with E-state index in [0.29, 0.717) is 24.5 Å². The number of hydrogen-bond donors (Lipinski definition) is 3. The molecule has 0 aromatic carbocycles. The third-order valence-electron chi connectivity index (χ3n) is 7.09. The van der Waals surface area contributed by atoms with Gasteiger partial charge in [-0.1, -0.05) is 0 Å². The van der Waals surface area contributed by atoms with Gasteiger partial charge in [0.1, 0.15) is 17.8 Å². The second-order valence-corrected chi connectivity index (χ2v) is 9.42. The molecule has 3 aromatic heterocycles. The first-order valence-electron chi connectivity index (χ1n) is 11.1. The minimum Gasteiger partial charge on any atom is -0.443 e. The zero-order chi connectivity index (χ0) is 23.7. The van der Waals surface area contributed by atoms with E-state index in [0.717, 1.165) is 29.8 Å². The zero-order valence-corrected chi connectivity index (χ0v) is 17.8. The van der Waals surface area contributed by atoms with E-state index in [1.165, 1.54) is 12.4 Å². The van der Waals surface area contributed by atoms with Crippen LogP contribution in [-0.2, 0) is 10.9 Å². The van der Waals surface area contributed by atoms with E-state index in [1.807, 2.05) is 0 Å². The van der Waals surface area contributed by atoms with Crippen molar-refractivity contribution in [1.82, 2.24) is 30.1 Å². The highest BCUT2D eigenvalue weighted by Gasteiger charge is 2.58. The summed E-state index contributed by atoms with van der Waals surface area (Å²) in [5.74, 6) is 0.545. The van der Waals surface area contributed by atoms with Crippen LogP contribution in [0.15, 0.2) is 24.5 Å². The van der Waals surface area contributed by atoms with Gasteiger partial charge in [0.25, 0.3) is 0 Å². The third kappa shape index (κ3) is 3.53. The molecule has 1 amide bonds. The fraction of sp³-hybridized carbons (Fsp3) is 0.524. The first kappa shape index (κ1) is 21.2. The second kappa shape index (κ2) is 7.31. The van der Waals surface area contributed by atoms with Crippen molar-refractivity contribution < 1.29 is 27.1 Å². The summed E-state index contributed by atoms with van der Waals surface area (Å²) in [5, 5.41) is 16.1. The van der Waals surface area contributed by atoms with Gasteiger partial charge in [0.15, 0.2) is 17.3 Å². The summed E-state index contributed by atoms with van der Waals surface area (Å²) in [5.41, 5.74) is -0.561. The molecular weight excluding hydrogens is 458 g/mol. The van der Waals surface area contributed by atoms with Crippen LogP contribution < -0.4 is 10.6 Å². The maximum atomic E-state index is 15.1. The van der Waals surface area contributed by atoms with Gasteiger partial charge in [-0.3, -0.25) is 5.10 Å². The molecule has 3 N–H and O–H groups in total. The van der Waals surface area contributed by atoms with E-state index >= 15 is 4.39 Å². The number of rotatable bonds is 5. The minimum atomic E-state index is -4.59. The molecule has 7 rings (SSSR count). The van der Waals surface area contributed by atoms with E-state index in [1.54, 1.807) is 6.07 Å². The molecule has 180 valence electrons. The SMILES string of the molecule is O=C(NC12CC(C1)C2)O[C@@H]1CC[C@H](c2cc(Nc3nccn4nc(C(F)(F)F)cc34)n[nH]2)[C@@H]1F. The fourth-order valence-corrected chi connectivity index (χ4v) is 5.26. The number of nitrogens with one attached hydrogen (secondary N) is 3.